The van der Waals surface area contributed by atoms with Crippen molar-refractivity contribution in [2.24, 2.45) is 0 Å². The minimum Gasteiger partial charge on any atom is -0.444 e. The topological polar surface area (TPSA) is 143 Å². The van der Waals surface area contributed by atoms with Gasteiger partial charge in [0.05, 0.1) is 11.1 Å². The van der Waals surface area contributed by atoms with Crippen molar-refractivity contribution in [3.8, 4) is 11.4 Å². The zero-order valence-corrected chi connectivity index (χ0v) is 22.9. The maximum absolute atomic E-state index is 12.1. The molecule has 204 valence electrons. The van der Waals surface area contributed by atoms with Crippen LogP contribution in [0.3, 0.4) is 0 Å². The number of alkyl carbamates (subject to hydrolysis) is 1. The lowest BCUT2D eigenvalue weighted by atomic mass is 9.91. The van der Waals surface area contributed by atoms with Crippen molar-refractivity contribution < 1.29 is 9.53 Å². The SMILES string of the molecule is CC(C)(C)OC(=O)N[C@H]1CC[C@H](Nc2ncc3c(-c4ccnc(NCc5ccc(Cl)cc5)n4)n[nH]c3n2)CC1. The monoisotopic (exact) mass is 549 g/mol. The first-order valence-electron chi connectivity index (χ1n) is 13.0. The molecular weight excluding hydrogens is 518 g/mol. The highest BCUT2D eigenvalue weighted by atomic mass is 35.5. The van der Waals surface area contributed by atoms with E-state index in [0.29, 0.717) is 40.5 Å². The van der Waals surface area contributed by atoms with Crippen LogP contribution in [0.4, 0.5) is 16.7 Å². The van der Waals surface area contributed by atoms with E-state index in [0.717, 1.165) is 36.6 Å². The number of benzene rings is 1. The molecule has 39 heavy (non-hydrogen) atoms. The first kappa shape index (κ1) is 26.6. The van der Waals surface area contributed by atoms with Gasteiger partial charge >= 0.3 is 6.09 Å². The fourth-order valence-electron chi connectivity index (χ4n) is 4.47. The molecule has 3 heterocycles. The van der Waals surface area contributed by atoms with Gasteiger partial charge in [-0.25, -0.2) is 19.7 Å². The Bertz CT molecular complexity index is 1430. The molecule has 0 aliphatic heterocycles. The first-order valence-corrected chi connectivity index (χ1v) is 13.4. The molecule has 4 aromatic rings. The van der Waals surface area contributed by atoms with Gasteiger partial charge in [0, 0.05) is 36.0 Å². The molecule has 5 rings (SSSR count). The van der Waals surface area contributed by atoms with Gasteiger partial charge in [-0.05, 0) is 70.2 Å². The second-order valence-electron chi connectivity index (χ2n) is 10.6. The average Bonchev–Trinajstić information content (AvgIpc) is 3.32. The highest BCUT2D eigenvalue weighted by Gasteiger charge is 2.25. The third-order valence-corrected chi connectivity index (χ3v) is 6.61. The van der Waals surface area contributed by atoms with Crippen molar-refractivity contribution in [2.75, 3.05) is 10.6 Å². The van der Waals surface area contributed by atoms with E-state index in [4.69, 9.17) is 16.3 Å². The van der Waals surface area contributed by atoms with Crippen LogP contribution in [0.15, 0.2) is 42.7 Å². The third-order valence-electron chi connectivity index (χ3n) is 6.36. The van der Waals surface area contributed by atoms with Gasteiger partial charge in [0.15, 0.2) is 5.65 Å². The Hall–Kier alpha value is -3.99. The fraction of sp³-hybridized carbons (Fsp3) is 0.407. The molecular formula is C27H32ClN9O2. The zero-order valence-electron chi connectivity index (χ0n) is 22.2. The maximum atomic E-state index is 12.1. The van der Waals surface area contributed by atoms with Gasteiger partial charge in [-0.2, -0.15) is 10.1 Å². The number of nitrogens with zero attached hydrogens (tertiary/aromatic N) is 5. The van der Waals surface area contributed by atoms with Gasteiger partial charge in [0.25, 0.3) is 0 Å². The summed E-state index contributed by atoms with van der Waals surface area (Å²) in [6, 6.07) is 9.74. The molecule has 1 aliphatic rings. The number of fused-ring (bicyclic) bond motifs is 1. The van der Waals surface area contributed by atoms with Gasteiger partial charge in [-0.15, -0.1) is 0 Å². The number of amides is 1. The predicted octanol–water partition coefficient (Wildman–Crippen LogP) is 5.32. The van der Waals surface area contributed by atoms with Crippen LogP contribution in [0, 0.1) is 0 Å². The Morgan fingerprint density at radius 3 is 2.51 bits per heavy atom. The number of aromatic amines is 1. The lowest BCUT2D eigenvalue weighted by Crippen LogP contribution is -2.42. The van der Waals surface area contributed by atoms with Crippen molar-refractivity contribution >= 4 is 40.6 Å². The van der Waals surface area contributed by atoms with Gasteiger partial charge < -0.3 is 20.7 Å². The third kappa shape index (κ3) is 7.11. The Kier molecular flexibility index (Phi) is 7.78. The Morgan fingerprint density at radius 1 is 1.03 bits per heavy atom. The van der Waals surface area contributed by atoms with E-state index < -0.39 is 5.60 Å². The van der Waals surface area contributed by atoms with E-state index in [1.807, 2.05) is 45.0 Å². The van der Waals surface area contributed by atoms with Gasteiger partial charge in [-0.3, -0.25) is 5.10 Å². The second-order valence-corrected chi connectivity index (χ2v) is 11.0. The number of H-pyrrole nitrogens is 1. The molecule has 0 saturated heterocycles. The van der Waals surface area contributed by atoms with E-state index in [-0.39, 0.29) is 18.2 Å². The molecule has 1 aliphatic carbocycles. The van der Waals surface area contributed by atoms with Crippen LogP contribution in [-0.4, -0.2) is 53.9 Å². The number of carbonyl (C=O) groups is 1. The van der Waals surface area contributed by atoms with E-state index >= 15 is 0 Å². The molecule has 1 fully saturated rings. The molecule has 3 aromatic heterocycles. The zero-order chi connectivity index (χ0) is 27.4. The van der Waals surface area contributed by atoms with Crippen LogP contribution in [-0.2, 0) is 11.3 Å². The van der Waals surface area contributed by atoms with E-state index in [1.165, 1.54) is 0 Å². The normalized spacial score (nSPS) is 17.5. The van der Waals surface area contributed by atoms with Crippen molar-refractivity contribution in [1.29, 1.82) is 0 Å². The van der Waals surface area contributed by atoms with Gasteiger partial charge in [0.2, 0.25) is 11.9 Å². The minimum absolute atomic E-state index is 0.106. The molecule has 0 bridgehead atoms. The van der Waals surface area contributed by atoms with Crippen LogP contribution in [0.1, 0.15) is 52.0 Å². The molecule has 0 atom stereocenters. The summed E-state index contributed by atoms with van der Waals surface area (Å²) in [5, 5.41) is 18.5. The van der Waals surface area contributed by atoms with Gasteiger partial charge in [-0.1, -0.05) is 23.7 Å². The number of aromatic nitrogens is 6. The van der Waals surface area contributed by atoms with Crippen LogP contribution in [0.25, 0.3) is 22.4 Å². The molecule has 0 spiro atoms. The number of ether oxygens (including phenoxy) is 1. The molecule has 1 aromatic carbocycles. The summed E-state index contributed by atoms with van der Waals surface area (Å²) < 4.78 is 5.37. The average molecular weight is 550 g/mol. The van der Waals surface area contributed by atoms with Crippen LogP contribution in [0.2, 0.25) is 5.02 Å². The molecule has 0 unspecified atom stereocenters. The summed E-state index contributed by atoms with van der Waals surface area (Å²) in [4.78, 5) is 30.2. The number of carbonyl (C=O) groups excluding carboxylic acids is 1. The Morgan fingerprint density at radius 2 is 1.77 bits per heavy atom. The summed E-state index contributed by atoms with van der Waals surface area (Å²) in [5.74, 6) is 1.03. The van der Waals surface area contributed by atoms with Crippen LogP contribution in [0.5, 0.6) is 0 Å². The smallest absolute Gasteiger partial charge is 0.407 e. The van der Waals surface area contributed by atoms with Crippen molar-refractivity contribution in [3.63, 3.8) is 0 Å². The number of rotatable bonds is 7. The quantitative estimate of drug-likeness (QED) is 0.241. The molecule has 11 nitrogen and oxygen atoms in total. The maximum Gasteiger partial charge on any atom is 0.407 e. The number of anilines is 2. The predicted molar refractivity (Wildman–Crippen MR) is 151 cm³/mol. The number of nitrogens with one attached hydrogen (secondary N) is 4. The number of halogens is 1. The second kappa shape index (κ2) is 11.4. The van der Waals surface area contributed by atoms with Crippen molar-refractivity contribution in [1.82, 2.24) is 35.5 Å². The Labute approximate surface area is 231 Å². The standard InChI is InChI=1S/C27H32ClN9O2/c1-27(2,3)39-26(38)33-19-10-8-18(9-11-19)32-25-31-15-20-22(36-37-23(20)35-25)21-12-13-29-24(34-21)30-14-16-4-6-17(28)7-5-16/h4-7,12-13,15,18-19H,8-11,14H2,1-3H3,(H,33,38)(H,29,30,34)(H2,31,32,35,36,37)/t18-,19-. The highest BCUT2D eigenvalue weighted by Crippen LogP contribution is 2.26. The summed E-state index contributed by atoms with van der Waals surface area (Å²) in [6.07, 6.45) is 6.58. The number of hydrogen-bond acceptors (Lipinski definition) is 9. The van der Waals surface area contributed by atoms with E-state index in [9.17, 15) is 4.79 Å². The molecule has 1 amide bonds. The minimum atomic E-state index is -0.504. The largest absolute Gasteiger partial charge is 0.444 e. The molecule has 1 saturated carbocycles. The van der Waals surface area contributed by atoms with Crippen LogP contribution < -0.4 is 16.0 Å². The molecule has 4 N–H and O–H groups in total. The molecule has 0 radical (unpaired) electrons. The van der Waals surface area contributed by atoms with Crippen LogP contribution >= 0.6 is 11.6 Å². The Balaban J connectivity index is 1.18. The summed E-state index contributed by atoms with van der Waals surface area (Å²) in [5.41, 5.74) is 2.50. The summed E-state index contributed by atoms with van der Waals surface area (Å²) >= 11 is 5.96. The fourth-order valence-corrected chi connectivity index (χ4v) is 4.60. The first-order chi connectivity index (χ1) is 18.7. The van der Waals surface area contributed by atoms with E-state index in [2.05, 4.69) is 46.1 Å². The lowest BCUT2D eigenvalue weighted by molar-refractivity contribution is 0.0492. The highest BCUT2D eigenvalue weighted by molar-refractivity contribution is 6.30. The van der Waals surface area contributed by atoms with Crippen molar-refractivity contribution in [2.45, 2.75) is 70.7 Å². The van der Waals surface area contributed by atoms with E-state index in [1.54, 1.807) is 18.5 Å². The summed E-state index contributed by atoms with van der Waals surface area (Å²) in [7, 11) is 0. The summed E-state index contributed by atoms with van der Waals surface area (Å²) in [6.45, 7) is 6.15. The molecule has 12 heteroatoms. The van der Waals surface area contributed by atoms with Gasteiger partial charge in [0.1, 0.15) is 11.3 Å². The number of hydrogen-bond donors (Lipinski definition) is 4. The lowest BCUT2D eigenvalue weighted by Gasteiger charge is -2.30. The van der Waals surface area contributed by atoms with Crippen molar-refractivity contribution in [3.05, 3.63) is 53.3 Å².